The fraction of sp³-hybridized carbons (Fsp3) is 0.0769. The molecule has 2 heterocycles. The van der Waals surface area contributed by atoms with Crippen LogP contribution in [0.5, 0.6) is 0 Å². The molecule has 1 aliphatic heterocycles. The first-order chi connectivity index (χ1) is 14.6. The van der Waals surface area contributed by atoms with Gasteiger partial charge in [-0.2, -0.15) is 10.1 Å². The van der Waals surface area contributed by atoms with Crippen molar-refractivity contribution in [2.24, 2.45) is 12.1 Å². The lowest BCUT2D eigenvalue weighted by molar-refractivity contribution is -0.114. The van der Waals surface area contributed by atoms with Gasteiger partial charge in [0.2, 0.25) is 0 Å². The van der Waals surface area contributed by atoms with Crippen molar-refractivity contribution in [3.05, 3.63) is 107 Å². The van der Waals surface area contributed by atoms with Gasteiger partial charge in [0.25, 0.3) is 5.91 Å². The van der Waals surface area contributed by atoms with Crippen molar-refractivity contribution in [1.29, 1.82) is 0 Å². The van der Waals surface area contributed by atoms with Gasteiger partial charge in [-0.1, -0.05) is 66.2 Å². The number of fused-ring (bicyclic) bond motifs is 1. The van der Waals surface area contributed by atoms with Crippen LogP contribution in [0, 0.1) is 6.92 Å². The van der Waals surface area contributed by atoms with Crippen molar-refractivity contribution in [2.45, 2.75) is 6.92 Å². The van der Waals surface area contributed by atoms with E-state index in [1.54, 1.807) is 0 Å². The molecule has 0 fully saturated rings. The molecular weight excluding hydrogens is 370 g/mol. The molecule has 1 amide bonds. The molecular formula is C26H21N3O. The fourth-order valence-electron chi connectivity index (χ4n) is 3.86. The van der Waals surface area contributed by atoms with Crippen molar-refractivity contribution in [3.8, 4) is 0 Å². The minimum absolute atomic E-state index is 0.120. The first-order valence-corrected chi connectivity index (χ1v) is 9.93. The zero-order valence-electron chi connectivity index (χ0n) is 16.9. The highest BCUT2D eigenvalue weighted by molar-refractivity contribution is 6.37. The zero-order valence-corrected chi connectivity index (χ0v) is 16.9. The van der Waals surface area contributed by atoms with Gasteiger partial charge in [0.1, 0.15) is 5.71 Å². The molecule has 0 atom stereocenters. The Morgan fingerprint density at radius 2 is 1.57 bits per heavy atom. The van der Waals surface area contributed by atoms with Crippen LogP contribution in [-0.4, -0.2) is 16.2 Å². The van der Waals surface area contributed by atoms with Crippen LogP contribution in [0.2, 0.25) is 0 Å². The van der Waals surface area contributed by atoms with Gasteiger partial charge in [-0.3, -0.25) is 4.79 Å². The molecule has 0 saturated carbocycles. The van der Waals surface area contributed by atoms with Gasteiger partial charge in [0.15, 0.2) is 0 Å². The van der Waals surface area contributed by atoms with E-state index in [9.17, 15) is 4.79 Å². The predicted octanol–water partition coefficient (Wildman–Crippen LogP) is 5.32. The molecule has 0 spiro atoms. The summed E-state index contributed by atoms with van der Waals surface area (Å²) in [6.45, 7) is 2.03. The number of anilines is 1. The summed E-state index contributed by atoms with van der Waals surface area (Å²) in [6, 6.07) is 25.9. The number of nitrogens with zero attached hydrogens (tertiary/aromatic N) is 3. The van der Waals surface area contributed by atoms with Crippen molar-refractivity contribution in [2.75, 3.05) is 5.01 Å². The minimum Gasteiger partial charge on any atom is -0.350 e. The topological polar surface area (TPSA) is 37.6 Å². The highest BCUT2D eigenvalue weighted by Crippen LogP contribution is 2.30. The van der Waals surface area contributed by atoms with Gasteiger partial charge >= 0.3 is 0 Å². The molecule has 5 rings (SSSR count). The summed E-state index contributed by atoms with van der Waals surface area (Å²) in [6.07, 6.45) is 4.02. The molecule has 1 aromatic heterocycles. The van der Waals surface area contributed by atoms with Gasteiger partial charge < -0.3 is 4.57 Å². The normalized spacial score (nSPS) is 15.3. The van der Waals surface area contributed by atoms with Gasteiger partial charge in [-0.25, -0.2) is 0 Å². The number of aryl methyl sites for hydroxylation is 2. The SMILES string of the molecule is Cc1ccc(N2N=C(c3ccccc3)/C(=C/c3cn(C)c4ccccc34)C2=O)cc1. The molecule has 146 valence electrons. The van der Waals surface area contributed by atoms with Crippen molar-refractivity contribution in [3.63, 3.8) is 0 Å². The number of amides is 1. The first kappa shape index (κ1) is 18.1. The fourth-order valence-corrected chi connectivity index (χ4v) is 3.86. The summed E-state index contributed by atoms with van der Waals surface area (Å²) in [7, 11) is 2.02. The number of aromatic nitrogens is 1. The van der Waals surface area contributed by atoms with E-state index in [1.807, 2.05) is 86.8 Å². The van der Waals surface area contributed by atoms with E-state index in [2.05, 4.69) is 22.9 Å². The quantitative estimate of drug-likeness (QED) is 0.436. The maximum Gasteiger partial charge on any atom is 0.281 e. The Labute approximate surface area is 175 Å². The third kappa shape index (κ3) is 3.03. The van der Waals surface area contributed by atoms with E-state index in [1.165, 1.54) is 5.01 Å². The second-order valence-electron chi connectivity index (χ2n) is 7.54. The van der Waals surface area contributed by atoms with Crippen molar-refractivity contribution >= 4 is 34.3 Å². The van der Waals surface area contributed by atoms with E-state index < -0.39 is 0 Å². The third-order valence-electron chi connectivity index (χ3n) is 5.43. The average molecular weight is 391 g/mol. The Morgan fingerprint density at radius 1 is 0.867 bits per heavy atom. The minimum atomic E-state index is -0.120. The molecule has 0 bridgehead atoms. The first-order valence-electron chi connectivity index (χ1n) is 9.93. The summed E-state index contributed by atoms with van der Waals surface area (Å²) < 4.78 is 2.08. The van der Waals surface area contributed by atoms with E-state index >= 15 is 0 Å². The smallest absolute Gasteiger partial charge is 0.281 e. The van der Waals surface area contributed by atoms with Gasteiger partial charge in [-0.15, -0.1) is 0 Å². The van der Waals surface area contributed by atoms with Crippen molar-refractivity contribution in [1.82, 2.24) is 4.57 Å². The van der Waals surface area contributed by atoms with Crippen LogP contribution in [-0.2, 0) is 11.8 Å². The van der Waals surface area contributed by atoms with Gasteiger partial charge in [-0.05, 0) is 31.2 Å². The summed E-state index contributed by atoms with van der Waals surface area (Å²) in [5.74, 6) is -0.120. The maximum absolute atomic E-state index is 13.5. The van der Waals surface area contributed by atoms with Gasteiger partial charge in [0.05, 0.1) is 11.3 Å². The van der Waals surface area contributed by atoms with Crippen LogP contribution < -0.4 is 5.01 Å². The highest BCUT2D eigenvalue weighted by Gasteiger charge is 2.32. The van der Waals surface area contributed by atoms with E-state index in [0.717, 1.165) is 33.3 Å². The summed E-state index contributed by atoms with van der Waals surface area (Å²) in [4.78, 5) is 13.5. The number of hydrazone groups is 1. The number of carbonyl (C=O) groups excluding carboxylic acids is 1. The predicted molar refractivity (Wildman–Crippen MR) is 123 cm³/mol. The van der Waals surface area contributed by atoms with Crippen LogP contribution in [0.4, 0.5) is 5.69 Å². The largest absolute Gasteiger partial charge is 0.350 e. The van der Waals surface area contributed by atoms with Gasteiger partial charge in [0, 0.05) is 35.3 Å². The van der Waals surface area contributed by atoms with E-state index in [-0.39, 0.29) is 5.91 Å². The van der Waals surface area contributed by atoms with Crippen LogP contribution in [0.25, 0.3) is 17.0 Å². The molecule has 30 heavy (non-hydrogen) atoms. The number of rotatable bonds is 3. The second kappa shape index (κ2) is 7.16. The van der Waals surface area contributed by atoms with E-state index in [4.69, 9.17) is 5.10 Å². The Morgan fingerprint density at radius 3 is 2.33 bits per heavy atom. The molecule has 4 heteroatoms. The Kier molecular flexibility index (Phi) is 4.32. The lowest BCUT2D eigenvalue weighted by Gasteiger charge is -2.11. The highest BCUT2D eigenvalue weighted by atomic mass is 16.2. The summed E-state index contributed by atoms with van der Waals surface area (Å²) >= 11 is 0. The van der Waals surface area contributed by atoms with Crippen LogP contribution in [0.3, 0.4) is 0 Å². The Bertz CT molecular complexity index is 1310. The maximum atomic E-state index is 13.5. The molecule has 1 aliphatic rings. The molecule has 0 aliphatic carbocycles. The number of hydrogen-bond donors (Lipinski definition) is 0. The number of hydrogen-bond acceptors (Lipinski definition) is 2. The molecule has 0 saturated heterocycles. The van der Waals surface area contributed by atoms with Crippen LogP contribution >= 0.6 is 0 Å². The number of para-hydroxylation sites is 1. The molecule has 3 aromatic carbocycles. The van der Waals surface area contributed by atoms with E-state index in [0.29, 0.717) is 11.3 Å². The lowest BCUT2D eigenvalue weighted by Crippen LogP contribution is -2.21. The third-order valence-corrected chi connectivity index (χ3v) is 5.43. The Hall–Kier alpha value is -3.92. The second-order valence-corrected chi connectivity index (χ2v) is 7.54. The van der Waals surface area contributed by atoms with Crippen LogP contribution in [0.15, 0.2) is 95.7 Å². The van der Waals surface area contributed by atoms with Crippen molar-refractivity contribution < 1.29 is 4.79 Å². The molecule has 4 aromatic rings. The number of carbonyl (C=O) groups is 1. The number of benzene rings is 3. The Balaban J connectivity index is 1.67. The summed E-state index contributed by atoms with van der Waals surface area (Å²) in [5, 5.41) is 7.34. The molecule has 4 nitrogen and oxygen atoms in total. The zero-order chi connectivity index (χ0) is 20.7. The average Bonchev–Trinajstić information content (AvgIpc) is 3.27. The molecule has 0 N–H and O–H groups in total. The lowest BCUT2D eigenvalue weighted by atomic mass is 10.00. The standard InChI is InChI=1S/C26H21N3O/c1-18-12-14-21(15-13-18)29-26(30)23(25(27-29)19-8-4-3-5-9-19)16-20-17-28(2)24-11-7-6-10-22(20)24/h3-17H,1-2H3/b23-16-. The summed E-state index contributed by atoms with van der Waals surface area (Å²) in [5.41, 5.74) is 6.25. The molecule has 0 radical (unpaired) electrons. The monoisotopic (exact) mass is 391 g/mol. The van der Waals surface area contributed by atoms with Crippen LogP contribution in [0.1, 0.15) is 16.7 Å². The molecule has 0 unspecified atom stereocenters.